The first kappa shape index (κ1) is 19.1. The largest absolute Gasteiger partial charge is 0.342 e. The molecule has 0 bridgehead atoms. The smallest absolute Gasteiger partial charge is 0.261 e. The fourth-order valence-electron chi connectivity index (χ4n) is 3.09. The average molecular weight is 385 g/mol. The highest BCUT2D eigenvalue weighted by Crippen LogP contribution is 2.19. The molecular formula is C20H23N3O3S. The second-order valence-corrected chi connectivity index (χ2v) is 7.92. The number of carbonyl (C=O) groups is 3. The summed E-state index contributed by atoms with van der Waals surface area (Å²) in [4.78, 5) is 40.3. The fourth-order valence-corrected chi connectivity index (χ4v) is 3.88. The van der Waals surface area contributed by atoms with Crippen LogP contribution in [0.15, 0.2) is 42.5 Å². The number of amides is 3. The molecule has 0 radical (unpaired) electrons. The van der Waals surface area contributed by atoms with Gasteiger partial charge in [0.1, 0.15) is 0 Å². The van der Waals surface area contributed by atoms with Gasteiger partial charge in [-0.1, -0.05) is 18.2 Å². The average Bonchev–Trinajstić information content (AvgIpc) is 3.13. The summed E-state index contributed by atoms with van der Waals surface area (Å²) in [5.41, 5.74) is 0.754. The molecule has 0 spiro atoms. The maximum Gasteiger partial charge on any atom is 0.261 e. The molecule has 3 rings (SSSR count). The number of likely N-dealkylation sites (tertiary alicyclic amines) is 1. The Balaban J connectivity index is 1.50. The third-order valence-corrected chi connectivity index (χ3v) is 5.55. The van der Waals surface area contributed by atoms with Gasteiger partial charge in [-0.3, -0.25) is 14.4 Å². The minimum absolute atomic E-state index is 0.0528. The summed E-state index contributed by atoms with van der Waals surface area (Å²) in [6, 6.07) is 12.9. The summed E-state index contributed by atoms with van der Waals surface area (Å²) in [5.74, 6) is -0.707. The molecule has 2 aromatic rings. The Labute approximate surface area is 162 Å². The molecule has 1 unspecified atom stereocenters. The second kappa shape index (κ2) is 8.81. The third kappa shape index (κ3) is 5.17. The van der Waals surface area contributed by atoms with Crippen LogP contribution in [0.2, 0.25) is 0 Å². The Hall–Kier alpha value is -2.67. The van der Waals surface area contributed by atoms with Gasteiger partial charge in [0, 0.05) is 23.7 Å². The number of hydrogen-bond acceptors (Lipinski definition) is 4. The molecule has 3 amide bonds. The van der Waals surface area contributed by atoms with Crippen molar-refractivity contribution in [3.63, 3.8) is 0 Å². The van der Waals surface area contributed by atoms with Crippen molar-refractivity contribution in [1.82, 2.24) is 10.2 Å². The molecule has 27 heavy (non-hydrogen) atoms. The van der Waals surface area contributed by atoms with Crippen LogP contribution in [-0.4, -0.2) is 42.3 Å². The second-order valence-electron chi connectivity index (χ2n) is 6.63. The van der Waals surface area contributed by atoms with Crippen molar-refractivity contribution in [2.45, 2.75) is 19.8 Å². The van der Waals surface area contributed by atoms with Gasteiger partial charge in [0.25, 0.3) is 5.91 Å². The van der Waals surface area contributed by atoms with Gasteiger partial charge in [0.15, 0.2) is 0 Å². The van der Waals surface area contributed by atoms with E-state index in [1.807, 2.05) is 43.3 Å². The molecule has 6 nitrogen and oxygen atoms in total. The number of carbonyl (C=O) groups excluding carboxylic acids is 3. The summed E-state index contributed by atoms with van der Waals surface area (Å²) in [7, 11) is 0. The lowest BCUT2D eigenvalue weighted by molar-refractivity contribution is -0.133. The van der Waals surface area contributed by atoms with Gasteiger partial charge in [0.05, 0.1) is 17.3 Å². The number of piperidine rings is 1. The van der Waals surface area contributed by atoms with Crippen molar-refractivity contribution in [3.8, 4) is 0 Å². The number of hydrogen-bond donors (Lipinski definition) is 2. The van der Waals surface area contributed by atoms with E-state index >= 15 is 0 Å². The molecular weight excluding hydrogens is 362 g/mol. The van der Waals surface area contributed by atoms with Gasteiger partial charge in [-0.15, -0.1) is 11.3 Å². The van der Waals surface area contributed by atoms with Gasteiger partial charge < -0.3 is 15.5 Å². The Morgan fingerprint density at radius 2 is 1.93 bits per heavy atom. The number of nitrogens with zero attached hydrogens (tertiary/aromatic N) is 1. The van der Waals surface area contributed by atoms with Crippen LogP contribution in [0, 0.1) is 12.8 Å². The predicted octanol–water partition coefficient (Wildman–Crippen LogP) is 2.66. The molecule has 1 saturated heterocycles. The first-order chi connectivity index (χ1) is 13.0. The van der Waals surface area contributed by atoms with Crippen LogP contribution < -0.4 is 10.6 Å². The normalized spacial score (nSPS) is 16.6. The van der Waals surface area contributed by atoms with E-state index in [1.165, 1.54) is 11.3 Å². The van der Waals surface area contributed by atoms with E-state index in [-0.39, 0.29) is 30.2 Å². The molecule has 0 aliphatic carbocycles. The quantitative estimate of drug-likeness (QED) is 0.831. The molecule has 2 N–H and O–H groups in total. The van der Waals surface area contributed by atoms with E-state index in [4.69, 9.17) is 0 Å². The lowest BCUT2D eigenvalue weighted by Crippen LogP contribution is -2.47. The van der Waals surface area contributed by atoms with Crippen molar-refractivity contribution in [2.24, 2.45) is 5.92 Å². The van der Waals surface area contributed by atoms with Gasteiger partial charge in [-0.05, 0) is 44.0 Å². The van der Waals surface area contributed by atoms with Gasteiger partial charge in [-0.2, -0.15) is 0 Å². The monoisotopic (exact) mass is 385 g/mol. The van der Waals surface area contributed by atoms with Crippen molar-refractivity contribution in [1.29, 1.82) is 0 Å². The Morgan fingerprint density at radius 1 is 1.15 bits per heavy atom. The Morgan fingerprint density at radius 3 is 2.63 bits per heavy atom. The van der Waals surface area contributed by atoms with Crippen LogP contribution in [0.25, 0.3) is 0 Å². The molecule has 1 aromatic carbocycles. The lowest BCUT2D eigenvalue weighted by atomic mass is 9.97. The molecule has 1 fully saturated rings. The van der Waals surface area contributed by atoms with E-state index in [0.717, 1.165) is 23.4 Å². The van der Waals surface area contributed by atoms with E-state index in [2.05, 4.69) is 10.6 Å². The minimum Gasteiger partial charge on any atom is -0.342 e. The minimum atomic E-state index is -0.239. The molecule has 1 atom stereocenters. The predicted molar refractivity (Wildman–Crippen MR) is 106 cm³/mol. The molecule has 2 heterocycles. The van der Waals surface area contributed by atoms with Crippen molar-refractivity contribution < 1.29 is 14.4 Å². The Bertz CT molecular complexity index is 819. The van der Waals surface area contributed by atoms with Crippen LogP contribution in [0.1, 0.15) is 27.4 Å². The standard InChI is InChI=1S/C20H23N3O3S/c1-14-9-10-17(27-14)20(26)21-12-18(24)23-11-5-6-15(13-23)19(25)22-16-7-3-2-4-8-16/h2-4,7-10,15H,5-6,11-13H2,1H3,(H,21,26)(H,22,25). The molecule has 0 saturated carbocycles. The SMILES string of the molecule is Cc1ccc(C(=O)NCC(=O)N2CCCC(C(=O)Nc3ccccc3)C2)s1. The lowest BCUT2D eigenvalue weighted by Gasteiger charge is -2.32. The van der Waals surface area contributed by atoms with E-state index in [1.54, 1.807) is 11.0 Å². The highest BCUT2D eigenvalue weighted by molar-refractivity contribution is 7.13. The highest BCUT2D eigenvalue weighted by atomic mass is 32.1. The van der Waals surface area contributed by atoms with E-state index < -0.39 is 0 Å². The van der Waals surface area contributed by atoms with Gasteiger partial charge in [-0.25, -0.2) is 0 Å². The third-order valence-electron chi connectivity index (χ3n) is 4.55. The zero-order valence-corrected chi connectivity index (χ0v) is 16.1. The number of para-hydroxylation sites is 1. The van der Waals surface area contributed by atoms with Gasteiger partial charge in [0.2, 0.25) is 11.8 Å². The topological polar surface area (TPSA) is 78.5 Å². The zero-order chi connectivity index (χ0) is 19.2. The maximum absolute atomic E-state index is 12.5. The molecule has 7 heteroatoms. The number of anilines is 1. The van der Waals surface area contributed by atoms with Crippen LogP contribution >= 0.6 is 11.3 Å². The molecule has 1 aliphatic rings. The zero-order valence-electron chi connectivity index (χ0n) is 15.2. The Kier molecular flexibility index (Phi) is 6.24. The maximum atomic E-state index is 12.5. The number of rotatable bonds is 5. The number of thiophene rings is 1. The van der Waals surface area contributed by atoms with Crippen LogP contribution in [0.5, 0.6) is 0 Å². The van der Waals surface area contributed by atoms with Crippen LogP contribution in [-0.2, 0) is 9.59 Å². The van der Waals surface area contributed by atoms with E-state index in [9.17, 15) is 14.4 Å². The highest BCUT2D eigenvalue weighted by Gasteiger charge is 2.28. The first-order valence-electron chi connectivity index (χ1n) is 9.01. The summed E-state index contributed by atoms with van der Waals surface area (Å²) in [6.45, 7) is 2.87. The van der Waals surface area contributed by atoms with Crippen molar-refractivity contribution in [3.05, 3.63) is 52.2 Å². The number of aryl methyl sites for hydroxylation is 1. The van der Waals surface area contributed by atoms with Gasteiger partial charge >= 0.3 is 0 Å². The summed E-state index contributed by atoms with van der Waals surface area (Å²) in [6.07, 6.45) is 1.53. The summed E-state index contributed by atoms with van der Waals surface area (Å²) < 4.78 is 0. The first-order valence-corrected chi connectivity index (χ1v) is 9.83. The molecule has 1 aromatic heterocycles. The van der Waals surface area contributed by atoms with Crippen molar-refractivity contribution in [2.75, 3.05) is 25.0 Å². The molecule has 142 valence electrons. The van der Waals surface area contributed by atoms with Crippen molar-refractivity contribution >= 4 is 34.7 Å². The fraction of sp³-hybridized carbons (Fsp3) is 0.350. The summed E-state index contributed by atoms with van der Waals surface area (Å²) >= 11 is 1.40. The summed E-state index contributed by atoms with van der Waals surface area (Å²) in [5, 5.41) is 5.57. The van der Waals surface area contributed by atoms with Crippen LogP contribution in [0.4, 0.5) is 5.69 Å². The molecule has 1 aliphatic heterocycles. The van der Waals surface area contributed by atoms with Crippen LogP contribution in [0.3, 0.4) is 0 Å². The van der Waals surface area contributed by atoms with E-state index in [0.29, 0.717) is 18.0 Å². The number of benzene rings is 1. The number of nitrogens with one attached hydrogen (secondary N) is 2.